The highest BCUT2D eigenvalue weighted by Gasteiger charge is 2.55. The van der Waals surface area contributed by atoms with Crippen molar-refractivity contribution in [2.24, 2.45) is 11.8 Å². The van der Waals surface area contributed by atoms with Crippen molar-refractivity contribution in [2.45, 2.75) is 108 Å². The molecule has 0 aromatic heterocycles. The molecule has 2 aliphatic carbocycles. The van der Waals surface area contributed by atoms with Crippen LogP contribution in [0, 0.1) is 11.8 Å². The molecular weight excluding hydrogens is 944 g/mol. The molecule has 6 saturated heterocycles. The fourth-order valence-corrected chi connectivity index (χ4v) is 12.3. The van der Waals surface area contributed by atoms with Gasteiger partial charge in [-0.15, -0.1) is 0 Å². The van der Waals surface area contributed by atoms with Crippen LogP contribution in [0.15, 0.2) is 109 Å². The Bertz CT molecular complexity index is 2250. The van der Waals surface area contributed by atoms with Crippen LogP contribution in [-0.4, -0.2) is 95.7 Å². The Labute approximate surface area is 407 Å². The number of esters is 2. The van der Waals surface area contributed by atoms with Gasteiger partial charge in [-0.2, -0.15) is 0 Å². The summed E-state index contributed by atoms with van der Waals surface area (Å²) in [6.07, 6.45) is 14.1. The Balaban J connectivity index is 0.000000188. The van der Waals surface area contributed by atoms with Gasteiger partial charge in [0, 0.05) is 66.2 Å². The number of rotatable bonds is 13. The quantitative estimate of drug-likeness (QED) is 0.0925. The van der Waals surface area contributed by atoms with E-state index in [9.17, 15) is 19.8 Å². The van der Waals surface area contributed by atoms with Crippen molar-refractivity contribution in [1.82, 2.24) is 0 Å². The second kappa shape index (κ2) is 20.3. The summed E-state index contributed by atoms with van der Waals surface area (Å²) in [6.45, 7) is 15.4. The molecule has 348 valence electrons. The third kappa shape index (κ3) is 9.22. The number of quaternary nitrogens is 2. The molecule has 0 spiro atoms. The monoisotopic (exact) mass is 1010 g/mol. The topological polar surface area (TPSA) is 93.1 Å². The lowest BCUT2D eigenvalue weighted by atomic mass is 9.82. The SMILES string of the molecule is CC(C)=CCC[N+]12CCC(CC1)[C@@H](OC(=O)C1(O)c3ccccc3-c3ccccc31)C2.CCCCCCC[N+]12CCC(CC1)[C@@H](OC(=O)C1(O)c3ccccc3-c3ccccc31)C2.[Br-].[Br-]. The fourth-order valence-electron chi connectivity index (χ4n) is 12.3. The van der Waals surface area contributed by atoms with Crippen LogP contribution in [0.25, 0.3) is 22.3 Å². The molecular formula is C55H68Br2N2O6. The zero-order chi connectivity index (χ0) is 43.8. The number of halogens is 2. The molecule has 6 fully saturated rings. The van der Waals surface area contributed by atoms with Gasteiger partial charge in [-0.1, -0.05) is 135 Å². The van der Waals surface area contributed by atoms with E-state index < -0.39 is 23.1 Å². The molecule has 4 aromatic carbocycles. The smallest absolute Gasteiger partial charge is 0.348 e. The number of carbonyl (C=O) groups is 2. The van der Waals surface area contributed by atoms with E-state index in [1.807, 2.05) is 97.1 Å². The maximum atomic E-state index is 13.6. The molecule has 65 heavy (non-hydrogen) atoms. The van der Waals surface area contributed by atoms with E-state index in [0.717, 1.165) is 83.0 Å². The highest BCUT2D eigenvalue weighted by Crippen LogP contribution is 2.50. The number of ether oxygens (including phenoxy) is 2. The standard InChI is InChI=1S/C28H36NO3.C27H32NO3.2BrH/c1-2-3-4-5-10-17-29-18-15-21(16-19-29)26(20-29)32-27(30)28(31)24-13-8-6-11-22(24)23-12-7-9-14-25(23)28;1-19(2)8-7-15-28-16-13-20(14-17-28)25(18-28)31-26(29)27(30)23-11-5-3-9-21(23)22-10-4-6-12-24(22)27;;/h6-9,11-14,21,26,31H,2-5,10,15-20H2,1H3;3-6,8-12,20,25,30H,7,13-18H2,1-2H3;2*1H/q2*+1;;/p-2/t21?,26-,29?;20?,25-,28?;;/m00../s1. The summed E-state index contributed by atoms with van der Waals surface area (Å²) in [4.78, 5) is 27.2. The molecule has 10 heteroatoms. The first-order valence-electron chi connectivity index (χ1n) is 24.1. The second-order valence-electron chi connectivity index (χ2n) is 20.0. The first-order valence-corrected chi connectivity index (χ1v) is 24.1. The summed E-state index contributed by atoms with van der Waals surface area (Å²) in [5.41, 5.74) is 4.14. The van der Waals surface area contributed by atoms with Gasteiger partial charge in [0.25, 0.3) is 0 Å². The summed E-state index contributed by atoms with van der Waals surface area (Å²) in [7, 11) is 0. The Morgan fingerprint density at radius 3 is 1.29 bits per heavy atom. The molecule has 6 heterocycles. The number of benzene rings is 4. The highest BCUT2D eigenvalue weighted by atomic mass is 79.9. The van der Waals surface area contributed by atoms with E-state index in [4.69, 9.17) is 9.47 Å². The van der Waals surface area contributed by atoms with Crippen molar-refractivity contribution in [3.8, 4) is 22.3 Å². The van der Waals surface area contributed by atoms with Crippen molar-refractivity contribution in [1.29, 1.82) is 0 Å². The zero-order valence-corrected chi connectivity index (χ0v) is 41.7. The van der Waals surface area contributed by atoms with E-state index in [-0.39, 0.29) is 46.2 Å². The first-order chi connectivity index (χ1) is 30.5. The lowest BCUT2D eigenvalue weighted by molar-refractivity contribution is -0.946. The van der Waals surface area contributed by atoms with Crippen LogP contribution < -0.4 is 34.0 Å². The predicted octanol–water partition coefficient (Wildman–Crippen LogP) is 3.44. The number of hydrogen-bond acceptors (Lipinski definition) is 6. The number of aliphatic hydroxyl groups is 2. The van der Waals surface area contributed by atoms with E-state index in [1.165, 1.54) is 70.4 Å². The van der Waals surface area contributed by atoms with E-state index >= 15 is 0 Å². The third-order valence-electron chi connectivity index (χ3n) is 15.9. The number of nitrogens with zero attached hydrogens (tertiary/aromatic N) is 2. The largest absolute Gasteiger partial charge is 1.00 e. The van der Waals surface area contributed by atoms with Crippen molar-refractivity contribution in [2.75, 3.05) is 52.4 Å². The van der Waals surface area contributed by atoms with Crippen molar-refractivity contribution < 1.29 is 72.2 Å². The van der Waals surface area contributed by atoms with Gasteiger partial charge in [0.1, 0.15) is 13.1 Å². The van der Waals surface area contributed by atoms with E-state index in [2.05, 4.69) is 26.8 Å². The minimum atomic E-state index is -1.73. The molecule has 0 unspecified atom stereocenters. The zero-order valence-electron chi connectivity index (χ0n) is 38.5. The van der Waals surface area contributed by atoms with Gasteiger partial charge in [0.15, 0.2) is 12.2 Å². The Kier molecular flexibility index (Phi) is 15.4. The molecule has 4 bridgehead atoms. The van der Waals surface area contributed by atoms with Crippen molar-refractivity contribution in [3.05, 3.63) is 131 Å². The van der Waals surface area contributed by atoms with Gasteiger partial charge in [-0.25, -0.2) is 9.59 Å². The molecule has 6 aliphatic heterocycles. The maximum Gasteiger partial charge on any atom is 0.348 e. The molecule has 0 radical (unpaired) electrons. The normalized spacial score (nSPS) is 26.4. The molecule has 8 nitrogen and oxygen atoms in total. The Morgan fingerprint density at radius 1 is 0.569 bits per heavy atom. The fraction of sp³-hybridized carbons (Fsp3) is 0.491. The van der Waals surface area contributed by atoms with Crippen LogP contribution in [0.3, 0.4) is 0 Å². The minimum Gasteiger partial charge on any atom is -1.00 e. The van der Waals surface area contributed by atoms with Gasteiger partial charge in [0.2, 0.25) is 11.2 Å². The lowest BCUT2D eigenvalue weighted by Gasteiger charge is -2.52. The maximum absolute atomic E-state index is 13.6. The molecule has 8 aliphatic rings. The van der Waals surface area contributed by atoms with Crippen LogP contribution in [0.1, 0.15) is 107 Å². The van der Waals surface area contributed by atoms with Gasteiger partial charge in [0.05, 0.1) is 39.3 Å². The van der Waals surface area contributed by atoms with Crippen LogP contribution in [0.2, 0.25) is 0 Å². The van der Waals surface area contributed by atoms with Gasteiger partial charge in [-0.05, 0) is 48.9 Å². The van der Waals surface area contributed by atoms with Crippen molar-refractivity contribution >= 4 is 11.9 Å². The summed E-state index contributed by atoms with van der Waals surface area (Å²) in [6, 6.07) is 30.6. The number of piperidine rings is 6. The van der Waals surface area contributed by atoms with Crippen LogP contribution in [0.5, 0.6) is 0 Å². The molecule has 0 amide bonds. The van der Waals surface area contributed by atoms with Crippen LogP contribution in [-0.2, 0) is 30.3 Å². The number of fused-ring (bicyclic) bond motifs is 12. The lowest BCUT2D eigenvalue weighted by Crippen LogP contribution is -3.00. The number of allylic oxidation sites excluding steroid dienone is 1. The van der Waals surface area contributed by atoms with Gasteiger partial charge < -0.3 is 62.6 Å². The summed E-state index contributed by atoms with van der Waals surface area (Å²) in [5, 5.41) is 23.5. The molecule has 4 aromatic rings. The van der Waals surface area contributed by atoms with Crippen LogP contribution in [0.4, 0.5) is 0 Å². The Morgan fingerprint density at radius 2 is 0.923 bits per heavy atom. The minimum absolute atomic E-state index is 0. The average Bonchev–Trinajstić information content (AvgIpc) is 3.73. The van der Waals surface area contributed by atoms with E-state index in [1.54, 1.807) is 0 Å². The third-order valence-corrected chi connectivity index (χ3v) is 15.9. The molecule has 0 saturated carbocycles. The molecule has 2 N–H and O–H groups in total. The number of unbranched alkanes of at least 4 members (excludes halogenated alkanes) is 4. The highest BCUT2D eigenvalue weighted by molar-refractivity contribution is 5.97. The van der Waals surface area contributed by atoms with Crippen molar-refractivity contribution in [3.63, 3.8) is 0 Å². The van der Waals surface area contributed by atoms with Gasteiger partial charge >= 0.3 is 11.9 Å². The van der Waals surface area contributed by atoms with E-state index in [0.29, 0.717) is 34.1 Å². The van der Waals surface area contributed by atoms with Gasteiger partial charge in [-0.3, -0.25) is 0 Å². The average molecular weight is 1010 g/mol. The predicted molar refractivity (Wildman–Crippen MR) is 247 cm³/mol. The molecule has 12 rings (SSSR count). The number of hydrogen-bond donors (Lipinski definition) is 2. The first kappa shape index (κ1) is 49.3. The Hall–Kier alpha value is -3.64. The van der Waals surface area contributed by atoms with Crippen LogP contribution >= 0.6 is 0 Å². The second-order valence-corrected chi connectivity index (χ2v) is 20.0. The summed E-state index contributed by atoms with van der Waals surface area (Å²) >= 11 is 0. The summed E-state index contributed by atoms with van der Waals surface area (Å²) < 4.78 is 14.5. The number of carbonyl (C=O) groups excluding carboxylic acids is 2. The summed E-state index contributed by atoms with van der Waals surface area (Å²) in [5.74, 6) is -0.196. The molecule has 2 atom stereocenters.